The van der Waals surface area contributed by atoms with E-state index in [1.165, 1.54) is 0 Å². The second-order valence-electron chi connectivity index (χ2n) is 7.70. The van der Waals surface area contributed by atoms with Gasteiger partial charge in [-0.2, -0.15) is 0 Å². The molecule has 0 N–H and O–H groups in total. The summed E-state index contributed by atoms with van der Waals surface area (Å²) in [6.45, 7) is 5.76. The fourth-order valence-electron chi connectivity index (χ4n) is 4.16. The summed E-state index contributed by atoms with van der Waals surface area (Å²) in [5.41, 5.74) is 4.38. The Hall–Kier alpha value is -3.54. The Balaban J connectivity index is 1.78. The van der Waals surface area contributed by atoms with Crippen LogP contribution in [0.4, 0.5) is 0 Å². The number of nitrogens with zero attached hydrogens (tertiary/aromatic N) is 3. The zero-order chi connectivity index (χ0) is 22.0. The van der Waals surface area contributed by atoms with Gasteiger partial charge in [0.1, 0.15) is 5.75 Å². The first kappa shape index (κ1) is 20.7. The summed E-state index contributed by atoms with van der Waals surface area (Å²) < 4.78 is 7.70. The van der Waals surface area contributed by atoms with Crippen molar-refractivity contribution >= 4 is 11.8 Å². The van der Waals surface area contributed by atoms with E-state index < -0.39 is 0 Å². The Kier molecular flexibility index (Phi) is 5.80. The van der Waals surface area contributed by atoms with Crippen LogP contribution in [0.5, 0.6) is 5.75 Å². The third-order valence-corrected chi connectivity index (χ3v) is 5.89. The molecule has 31 heavy (non-hydrogen) atoms. The van der Waals surface area contributed by atoms with Crippen LogP contribution in [0, 0.1) is 6.92 Å². The molecule has 0 unspecified atom stereocenters. The maximum absolute atomic E-state index is 13.5. The van der Waals surface area contributed by atoms with Crippen LogP contribution in [0.25, 0.3) is 16.9 Å². The maximum Gasteiger partial charge on any atom is 0.255 e. The molecule has 2 heterocycles. The number of para-hydroxylation sites is 2. The van der Waals surface area contributed by atoms with Crippen LogP contribution < -0.4 is 4.74 Å². The summed E-state index contributed by atoms with van der Waals surface area (Å²) in [4.78, 5) is 28.7. The molecule has 0 aliphatic carbocycles. The van der Waals surface area contributed by atoms with E-state index in [0.29, 0.717) is 31.7 Å². The topological polar surface area (TPSA) is 54.8 Å². The molecule has 6 nitrogen and oxygen atoms in total. The number of ether oxygens (including phenoxy) is 1. The molecule has 4 rings (SSSR count). The molecule has 3 aromatic rings. The zero-order valence-corrected chi connectivity index (χ0v) is 18.2. The average molecular weight is 418 g/mol. The zero-order valence-electron chi connectivity index (χ0n) is 18.2. The molecule has 1 saturated heterocycles. The molecule has 6 heteroatoms. The molecule has 2 aromatic carbocycles. The number of hydrogen-bond acceptors (Lipinski definition) is 3. The molecule has 0 saturated carbocycles. The maximum atomic E-state index is 13.5. The number of amides is 2. The number of carbonyl (C=O) groups excluding carboxylic acids is 2. The van der Waals surface area contributed by atoms with Crippen molar-refractivity contribution in [1.29, 1.82) is 0 Å². The third kappa shape index (κ3) is 3.93. The number of rotatable bonds is 4. The van der Waals surface area contributed by atoms with Crippen molar-refractivity contribution in [3.8, 4) is 22.7 Å². The van der Waals surface area contributed by atoms with E-state index in [0.717, 1.165) is 28.4 Å². The summed E-state index contributed by atoms with van der Waals surface area (Å²) >= 11 is 0. The fraction of sp³-hybridized carbons (Fsp3) is 0.280. The lowest BCUT2D eigenvalue weighted by Gasteiger charge is -2.34. The molecular formula is C25H27N3O3. The SMILES string of the molecule is COc1ccccc1-n1c(-c2ccccc2)cc(C(=O)N2CCN(C(C)=O)CC2)c1C. The van der Waals surface area contributed by atoms with Gasteiger partial charge in [-0.1, -0.05) is 42.5 Å². The second kappa shape index (κ2) is 8.68. The lowest BCUT2D eigenvalue weighted by atomic mass is 10.1. The largest absolute Gasteiger partial charge is 0.495 e. The van der Waals surface area contributed by atoms with Crippen molar-refractivity contribution < 1.29 is 14.3 Å². The van der Waals surface area contributed by atoms with E-state index in [2.05, 4.69) is 4.57 Å². The highest BCUT2D eigenvalue weighted by Crippen LogP contribution is 2.34. The van der Waals surface area contributed by atoms with Crippen molar-refractivity contribution in [3.05, 3.63) is 71.9 Å². The van der Waals surface area contributed by atoms with E-state index in [4.69, 9.17) is 4.74 Å². The van der Waals surface area contributed by atoms with Crippen LogP contribution in [0.15, 0.2) is 60.7 Å². The molecule has 0 atom stereocenters. The highest BCUT2D eigenvalue weighted by atomic mass is 16.5. The van der Waals surface area contributed by atoms with Crippen LogP contribution >= 0.6 is 0 Å². The molecule has 1 aromatic heterocycles. The van der Waals surface area contributed by atoms with Gasteiger partial charge in [-0.15, -0.1) is 0 Å². The molecule has 0 spiro atoms. The smallest absolute Gasteiger partial charge is 0.255 e. The molecule has 160 valence electrons. The van der Waals surface area contributed by atoms with E-state index in [1.807, 2.05) is 72.5 Å². The van der Waals surface area contributed by atoms with Gasteiger partial charge in [0.25, 0.3) is 5.91 Å². The number of methoxy groups -OCH3 is 1. The average Bonchev–Trinajstić information content (AvgIpc) is 3.16. The van der Waals surface area contributed by atoms with Crippen LogP contribution in [0.1, 0.15) is 23.0 Å². The molecule has 0 bridgehead atoms. The van der Waals surface area contributed by atoms with Crippen LogP contribution in [0.2, 0.25) is 0 Å². The first-order chi connectivity index (χ1) is 15.0. The molecular weight excluding hydrogens is 390 g/mol. The van der Waals surface area contributed by atoms with Gasteiger partial charge in [0.15, 0.2) is 0 Å². The van der Waals surface area contributed by atoms with Gasteiger partial charge in [0.2, 0.25) is 5.91 Å². The van der Waals surface area contributed by atoms with Gasteiger partial charge in [-0.25, -0.2) is 0 Å². The van der Waals surface area contributed by atoms with E-state index in [9.17, 15) is 9.59 Å². The molecule has 1 aliphatic heterocycles. The number of benzene rings is 2. The van der Waals surface area contributed by atoms with Crippen LogP contribution in [-0.2, 0) is 4.79 Å². The Morgan fingerprint density at radius 3 is 2.13 bits per heavy atom. The lowest BCUT2D eigenvalue weighted by Crippen LogP contribution is -2.50. The number of piperazine rings is 1. The predicted octanol–water partition coefficient (Wildman–Crippen LogP) is 3.77. The second-order valence-corrected chi connectivity index (χ2v) is 7.70. The van der Waals surface area contributed by atoms with E-state index in [-0.39, 0.29) is 11.8 Å². The van der Waals surface area contributed by atoms with Crippen molar-refractivity contribution in [2.24, 2.45) is 0 Å². The minimum absolute atomic E-state index is 0.00784. The molecule has 0 radical (unpaired) electrons. The highest BCUT2D eigenvalue weighted by molar-refractivity contribution is 5.97. The minimum Gasteiger partial charge on any atom is -0.495 e. The van der Waals surface area contributed by atoms with E-state index >= 15 is 0 Å². The van der Waals surface area contributed by atoms with E-state index in [1.54, 1.807) is 18.9 Å². The van der Waals surface area contributed by atoms with Gasteiger partial charge >= 0.3 is 0 Å². The van der Waals surface area contributed by atoms with Crippen molar-refractivity contribution in [3.63, 3.8) is 0 Å². The molecule has 1 aliphatic rings. The normalized spacial score (nSPS) is 13.9. The Labute approximate surface area is 182 Å². The monoisotopic (exact) mass is 417 g/mol. The van der Waals surface area contributed by atoms with Gasteiger partial charge in [-0.3, -0.25) is 9.59 Å². The first-order valence-electron chi connectivity index (χ1n) is 10.5. The summed E-state index contributed by atoms with van der Waals surface area (Å²) in [5.74, 6) is 0.788. The quantitative estimate of drug-likeness (QED) is 0.649. The standard InChI is InChI=1S/C25H27N3O3/c1-18-21(25(30)27-15-13-26(14-16-27)19(2)29)17-23(20-9-5-4-6-10-20)28(18)22-11-7-8-12-24(22)31-3/h4-12,17H,13-16H2,1-3H3. The van der Waals surface area contributed by atoms with Gasteiger partial charge in [0, 0.05) is 38.8 Å². The summed E-state index contributed by atoms with van der Waals surface area (Å²) in [6, 6.07) is 19.8. The Morgan fingerprint density at radius 1 is 0.871 bits per heavy atom. The molecule has 2 amide bonds. The molecule has 1 fully saturated rings. The summed E-state index contributed by atoms with van der Waals surface area (Å²) in [6.07, 6.45) is 0. The summed E-state index contributed by atoms with van der Waals surface area (Å²) in [5, 5.41) is 0. The third-order valence-electron chi connectivity index (χ3n) is 5.89. The first-order valence-corrected chi connectivity index (χ1v) is 10.5. The Bertz CT molecular complexity index is 1100. The van der Waals surface area contributed by atoms with Gasteiger partial charge in [0.05, 0.1) is 24.1 Å². The predicted molar refractivity (Wildman–Crippen MR) is 121 cm³/mol. The van der Waals surface area contributed by atoms with Crippen molar-refractivity contribution in [1.82, 2.24) is 14.4 Å². The van der Waals surface area contributed by atoms with Crippen LogP contribution in [-0.4, -0.2) is 59.5 Å². The van der Waals surface area contributed by atoms with Crippen molar-refractivity contribution in [2.75, 3.05) is 33.3 Å². The number of carbonyl (C=O) groups is 2. The van der Waals surface area contributed by atoms with Crippen molar-refractivity contribution in [2.45, 2.75) is 13.8 Å². The number of aromatic nitrogens is 1. The fourth-order valence-corrected chi connectivity index (χ4v) is 4.16. The Morgan fingerprint density at radius 2 is 1.48 bits per heavy atom. The highest BCUT2D eigenvalue weighted by Gasteiger charge is 2.27. The minimum atomic E-state index is -0.00784. The lowest BCUT2D eigenvalue weighted by molar-refractivity contribution is -0.130. The number of hydrogen-bond donors (Lipinski definition) is 0. The summed E-state index contributed by atoms with van der Waals surface area (Å²) in [7, 11) is 1.65. The van der Waals surface area contributed by atoms with Gasteiger partial charge < -0.3 is 19.1 Å². The van der Waals surface area contributed by atoms with Gasteiger partial charge in [-0.05, 0) is 30.7 Å². The van der Waals surface area contributed by atoms with Crippen LogP contribution in [0.3, 0.4) is 0 Å².